The first-order chi connectivity index (χ1) is 9.13. The van der Waals surface area contributed by atoms with Crippen molar-refractivity contribution in [3.63, 3.8) is 0 Å². The van der Waals surface area contributed by atoms with Crippen LogP contribution in [0.4, 0.5) is 5.69 Å². The maximum Gasteiger partial charge on any atom is 0.252 e. The molecule has 1 fully saturated rings. The van der Waals surface area contributed by atoms with Crippen LogP contribution in [0.15, 0.2) is 24.3 Å². The summed E-state index contributed by atoms with van der Waals surface area (Å²) in [6.07, 6.45) is 0. The highest BCUT2D eigenvalue weighted by molar-refractivity contribution is 6.09. The molecule has 0 atom stereocenters. The topological polar surface area (TPSA) is 49.4 Å². The number of hydrogen-bond acceptors (Lipinski definition) is 2. The van der Waals surface area contributed by atoms with Gasteiger partial charge in [-0.25, -0.2) is 0 Å². The molecule has 2 amide bonds. The Bertz CT molecular complexity index is 556. The molecule has 0 saturated carbocycles. The van der Waals surface area contributed by atoms with Crippen LogP contribution in [0, 0.1) is 0 Å². The number of nitrogens with zero attached hydrogens (tertiary/aromatic N) is 1. The molecular weight excluding hydrogens is 252 g/mol. The van der Waals surface area contributed by atoms with Crippen molar-refractivity contribution in [3.05, 3.63) is 29.8 Å². The molecule has 4 nitrogen and oxygen atoms in total. The van der Waals surface area contributed by atoms with Gasteiger partial charge in [-0.2, -0.15) is 0 Å². The van der Waals surface area contributed by atoms with Gasteiger partial charge in [0.05, 0.1) is 0 Å². The Morgan fingerprint density at radius 2 is 1.75 bits per heavy atom. The summed E-state index contributed by atoms with van der Waals surface area (Å²) in [6, 6.07) is 7.79. The Labute approximate surface area is 120 Å². The standard InChI is InChI=1S/C16H22N2O2/c1-15(2,3)11-8-6-7-9-12(11)18-10-13(19)17-16(4,5)14(18)20/h6-9H,10H2,1-5H3,(H,17,19). The van der Waals surface area contributed by atoms with Crippen molar-refractivity contribution in [1.29, 1.82) is 0 Å². The van der Waals surface area contributed by atoms with E-state index >= 15 is 0 Å². The van der Waals surface area contributed by atoms with E-state index in [-0.39, 0.29) is 23.8 Å². The number of para-hydroxylation sites is 1. The van der Waals surface area contributed by atoms with Crippen molar-refractivity contribution >= 4 is 17.5 Å². The SMILES string of the molecule is CC1(C)NC(=O)CN(c2ccccc2C(C)(C)C)C1=O. The van der Waals surface area contributed by atoms with E-state index in [0.717, 1.165) is 11.3 Å². The predicted molar refractivity (Wildman–Crippen MR) is 79.7 cm³/mol. The van der Waals surface area contributed by atoms with Crippen LogP contribution in [0.1, 0.15) is 40.2 Å². The summed E-state index contributed by atoms with van der Waals surface area (Å²) >= 11 is 0. The highest BCUT2D eigenvalue weighted by Gasteiger charge is 2.40. The van der Waals surface area contributed by atoms with E-state index in [1.165, 1.54) is 0 Å². The first-order valence-electron chi connectivity index (χ1n) is 6.85. The summed E-state index contributed by atoms with van der Waals surface area (Å²) in [5.74, 6) is -0.202. The Balaban J connectivity index is 2.51. The fourth-order valence-corrected chi connectivity index (χ4v) is 2.53. The minimum absolute atomic E-state index is 0.0752. The fraction of sp³-hybridized carbons (Fsp3) is 0.500. The van der Waals surface area contributed by atoms with Crippen LogP contribution in [-0.2, 0) is 15.0 Å². The summed E-state index contributed by atoms with van der Waals surface area (Å²) in [6.45, 7) is 9.86. The molecule has 1 aliphatic rings. The third-order valence-electron chi connectivity index (χ3n) is 3.54. The lowest BCUT2D eigenvalue weighted by atomic mass is 9.85. The minimum atomic E-state index is -0.861. The molecule has 0 spiro atoms. The Morgan fingerprint density at radius 3 is 2.35 bits per heavy atom. The van der Waals surface area contributed by atoms with Gasteiger partial charge in [0.15, 0.2) is 0 Å². The number of hydrogen-bond donors (Lipinski definition) is 1. The number of nitrogens with one attached hydrogen (secondary N) is 1. The molecule has 108 valence electrons. The number of piperazine rings is 1. The number of amides is 2. The smallest absolute Gasteiger partial charge is 0.252 e. The number of carbonyl (C=O) groups excluding carboxylic acids is 2. The molecular formula is C16H22N2O2. The monoisotopic (exact) mass is 274 g/mol. The van der Waals surface area contributed by atoms with E-state index in [9.17, 15) is 9.59 Å². The van der Waals surface area contributed by atoms with Gasteiger partial charge in [-0.1, -0.05) is 39.0 Å². The quantitative estimate of drug-likeness (QED) is 0.853. The molecule has 0 aromatic heterocycles. The van der Waals surface area contributed by atoms with Crippen LogP contribution in [0.25, 0.3) is 0 Å². The van der Waals surface area contributed by atoms with Crippen molar-refractivity contribution in [1.82, 2.24) is 5.32 Å². The van der Waals surface area contributed by atoms with Crippen molar-refractivity contribution in [2.75, 3.05) is 11.4 Å². The predicted octanol–water partition coefficient (Wildman–Crippen LogP) is 2.23. The van der Waals surface area contributed by atoms with Gasteiger partial charge < -0.3 is 10.2 Å². The summed E-state index contributed by atoms with van der Waals surface area (Å²) in [5, 5.41) is 2.73. The fourth-order valence-electron chi connectivity index (χ4n) is 2.53. The van der Waals surface area contributed by atoms with Gasteiger partial charge in [-0.3, -0.25) is 9.59 Å². The van der Waals surface area contributed by atoms with Crippen LogP contribution in [0.5, 0.6) is 0 Å². The number of carbonyl (C=O) groups is 2. The largest absolute Gasteiger partial charge is 0.341 e. The number of anilines is 1. The first-order valence-corrected chi connectivity index (χ1v) is 6.85. The molecule has 1 N–H and O–H groups in total. The third kappa shape index (κ3) is 2.55. The van der Waals surface area contributed by atoms with Crippen LogP contribution in [0.2, 0.25) is 0 Å². The molecule has 1 heterocycles. The maximum atomic E-state index is 12.6. The zero-order chi connectivity index (χ0) is 15.1. The second-order valence-electron chi connectivity index (χ2n) is 6.83. The van der Waals surface area contributed by atoms with Gasteiger partial charge in [-0.15, -0.1) is 0 Å². The Hall–Kier alpha value is -1.84. The van der Waals surface area contributed by atoms with Crippen molar-refractivity contribution in [2.24, 2.45) is 0 Å². The lowest BCUT2D eigenvalue weighted by Gasteiger charge is -2.39. The average Bonchev–Trinajstić information content (AvgIpc) is 2.32. The molecule has 1 aliphatic heterocycles. The van der Waals surface area contributed by atoms with Crippen molar-refractivity contribution in [2.45, 2.75) is 45.6 Å². The zero-order valence-electron chi connectivity index (χ0n) is 12.8. The second-order valence-corrected chi connectivity index (χ2v) is 6.83. The molecule has 20 heavy (non-hydrogen) atoms. The maximum absolute atomic E-state index is 12.6. The van der Waals surface area contributed by atoms with Crippen LogP contribution in [-0.4, -0.2) is 23.9 Å². The summed E-state index contributed by atoms with van der Waals surface area (Å²) in [4.78, 5) is 26.0. The Morgan fingerprint density at radius 1 is 1.15 bits per heavy atom. The molecule has 1 saturated heterocycles. The van der Waals surface area contributed by atoms with Gasteiger partial charge in [0.25, 0.3) is 5.91 Å². The van der Waals surface area contributed by atoms with Crippen molar-refractivity contribution in [3.8, 4) is 0 Å². The van der Waals surface area contributed by atoms with Crippen LogP contribution < -0.4 is 10.2 Å². The van der Waals surface area contributed by atoms with Crippen molar-refractivity contribution < 1.29 is 9.59 Å². The van der Waals surface area contributed by atoms with Gasteiger partial charge in [0.2, 0.25) is 5.91 Å². The molecule has 4 heteroatoms. The normalized spacial score (nSPS) is 18.9. The lowest BCUT2D eigenvalue weighted by Crippen LogP contribution is -2.64. The number of benzene rings is 1. The van der Waals surface area contributed by atoms with Gasteiger partial charge in [0.1, 0.15) is 12.1 Å². The van der Waals surface area contributed by atoms with E-state index < -0.39 is 5.54 Å². The minimum Gasteiger partial charge on any atom is -0.341 e. The third-order valence-corrected chi connectivity index (χ3v) is 3.54. The Kier molecular flexibility index (Phi) is 3.36. The van der Waals surface area contributed by atoms with E-state index in [0.29, 0.717) is 0 Å². The zero-order valence-corrected chi connectivity index (χ0v) is 12.8. The average molecular weight is 274 g/mol. The highest BCUT2D eigenvalue weighted by atomic mass is 16.2. The molecule has 0 aliphatic carbocycles. The highest BCUT2D eigenvalue weighted by Crippen LogP contribution is 2.33. The molecule has 1 aromatic carbocycles. The second kappa shape index (κ2) is 4.62. The lowest BCUT2D eigenvalue weighted by molar-refractivity contribution is -0.134. The van der Waals surface area contributed by atoms with Gasteiger partial charge in [-0.05, 0) is 30.9 Å². The first kappa shape index (κ1) is 14.6. The molecule has 0 radical (unpaired) electrons. The van der Waals surface area contributed by atoms with Gasteiger partial charge >= 0.3 is 0 Å². The van der Waals surface area contributed by atoms with E-state index in [1.807, 2.05) is 24.3 Å². The molecule has 0 unspecified atom stereocenters. The number of rotatable bonds is 1. The summed E-state index contributed by atoms with van der Waals surface area (Å²) in [7, 11) is 0. The van der Waals surface area contributed by atoms with Crippen LogP contribution in [0.3, 0.4) is 0 Å². The van der Waals surface area contributed by atoms with E-state index in [2.05, 4.69) is 26.1 Å². The summed E-state index contributed by atoms with van der Waals surface area (Å²) in [5.41, 5.74) is 0.946. The molecule has 1 aromatic rings. The molecule has 0 bridgehead atoms. The van der Waals surface area contributed by atoms with E-state index in [4.69, 9.17) is 0 Å². The summed E-state index contributed by atoms with van der Waals surface area (Å²) < 4.78 is 0. The van der Waals surface area contributed by atoms with Crippen LogP contribution >= 0.6 is 0 Å². The molecule has 2 rings (SSSR count). The van der Waals surface area contributed by atoms with E-state index in [1.54, 1.807) is 18.7 Å². The van der Waals surface area contributed by atoms with Gasteiger partial charge in [0, 0.05) is 5.69 Å².